The number of amides is 1. The van der Waals surface area contributed by atoms with Gasteiger partial charge >= 0.3 is 0 Å². The Balaban J connectivity index is 0.840. The Morgan fingerprint density at radius 3 is 2.22 bits per heavy atom. The first kappa shape index (κ1) is 47.2. The van der Waals surface area contributed by atoms with Crippen LogP contribution in [0.4, 0.5) is 14.5 Å². The molecule has 11 heterocycles. The third kappa shape index (κ3) is 8.83. The van der Waals surface area contributed by atoms with Gasteiger partial charge in [-0.2, -0.15) is 5.10 Å². The van der Waals surface area contributed by atoms with Gasteiger partial charge in [0.25, 0.3) is 11.8 Å². The van der Waals surface area contributed by atoms with Gasteiger partial charge in [-0.3, -0.25) is 49.5 Å². The Morgan fingerprint density at radius 2 is 1.42 bits per heavy atom. The number of Topliss-reactive ketones (excluding diaryl/α,β-unsaturated/α-hetero) is 1. The molecule has 14 rings (SSSR count). The lowest BCUT2D eigenvalue weighted by molar-refractivity contribution is 0.0115. The van der Waals surface area contributed by atoms with E-state index in [1.54, 1.807) is 67.6 Å². The van der Waals surface area contributed by atoms with Crippen molar-refractivity contribution < 1.29 is 18.4 Å². The van der Waals surface area contributed by atoms with Crippen molar-refractivity contribution in [2.75, 3.05) is 31.6 Å². The van der Waals surface area contributed by atoms with Gasteiger partial charge in [0, 0.05) is 130 Å². The molecule has 78 heavy (non-hydrogen) atoms. The summed E-state index contributed by atoms with van der Waals surface area (Å²) in [6.07, 6.45) is 19.6. The molecule has 11 aromatic rings. The molecule has 2 aromatic carbocycles. The predicted octanol–water partition coefficient (Wildman–Crippen LogP) is 10.8. The Bertz CT molecular complexity index is 4270. The zero-order valence-corrected chi connectivity index (χ0v) is 42.6. The van der Waals surface area contributed by atoms with E-state index in [0.717, 1.165) is 95.5 Å². The van der Waals surface area contributed by atoms with E-state index >= 15 is 0 Å². The van der Waals surface area contributed by atoms with Crippen molar-refractivity contribution in [3.05, 3.63) is 150 Å². The van der Waals surface area contributed by atoms with Gasteiger partial charge in [0.1, 0.15) is 29.1 Å². The highest BCUT2D eigenvalue weighted by Gasteiger charge is 2.38. The standard InChI is InChI=1S/C58H45F2N15O2S/c1-30(76)48-6-7-49(78-48)44-24-65-26-47-52(44)72-55(69-47)53-42-15-34(35-10-32(16-61-18-35)27-75-9-8-58(59,60)28-75)14-40(50(42)67-29-68-53)37-12-38(21-63-20-37)43-23-64-25-46-51(43)71-56(70-46)54-41-13-33(4-5-45(41)73-74-54)36-11-39(22-62-19-36)57(77)66-17-31-2-3-31/h4-7,10-16,18-26,31,67H,2-3,8-9,17,27-29H2,1H3,(H,66,77)(H,69,72)(H,70,71)(H,73,74). The van der Waals surface area contributed by atoms with Crippen molar-refractivity contribution >= 4 is 67.4 Å². The van der Waals surface area contributed by atoms with Crippen LogP contribution in [0.15, 0.2) is 128 Å². The molecule has 0 unspecified atom stereocenters. The molecule has 17 nitrogen and oxygen atoms in total. The number of nitrogens with zero attached hydrogens (tertiary/aromatic N) is 10. The highest BCUT2D eigenvalue weighted by Crippen LogP contribution is 2.42. The van der Waals surface area contributed by atoms with Crippen molar-refractivity contribution in [2.24, 2.45) is 10.9 Å². The predicted molar refractivity (Wildman–Crippen MR) is 295 cm³/mol. The molecule has 9 aromatic heterocycles. The van der Waals surface area contributed by atoms with E-state index in [-0.39, 0.29) is 31.3 Å². The maximum atomic E-state index is 14.3. The second kappa shape index (κ2) is 18.8. The molecule has 0 radical (unpaired) electrons. The number of pyridine rings is 5. The molecule has 1 saturated carbocycles. The Labute approximate surface area is 446 Å². The van der Waals surface area contributed by atoms with Crippen LogP contribution in [0.25, 0.3) is 99.4 Å². The Morgan fingerprint density at radius 1 is 0.705 bits per heavy atom. The first-order valence-corrected chi connectivity index (χ1v) is 26.3. The summed E-state index contributed by atoms with van der Waals surface area (Å²) in [5.41, 5.74) is 14.9. The molecular weight excluding hydrogens is 1010 g/mol. The van der Waals surface area contributed by atoms with Crippen LogP contribution < -0.4 is 10.6 Å². The number of rotatable bonds is 13. The Hall–Kier alpha value is -9.27. The number of likely N-dealkylation sites (tertiary alicyclic amines) is 1. The number of H-pyrrole nitrogens is 3. The van der Waals surface area contributed by atoms with Crippen molar-refractivity contribution in [2.45, 2.75) is 38.7 Å². The highest BCUT2D eigenvalue weighted by atomic mass is 32.1. The fourth-order valence-electron chi connectivity index (χ4n) is 10.5. The van der Waals surface area contributed by atoms with Crippen LogP contribution in [0.5, 0.6) is 0 Å². The average molecular weight is 1050 g/mol. The number of aromatic amines is 3. The lowest BCUT2D eigenvalue weighted by atomic mass is 9.91. The van der Waals surface area contributed by atoms with Crippen LogP contribution in [0, 0.1) is 5.92 Å². The van der Waals surface area contributed by atoms with Crippen molar-refractivity contribution in [3.8, 4) is 66.5 Å². The summed E-state index contributed by atoms with van der Waals surface area (Å²) in [4.78, 5) is 73.8. The summed E-state index contributed by atoms with van der Waals surface area (Å²) in [6, 6.07) is 19.8. The smallest absolute Gasteiger partial charge is 0.261 e. The fraction of sp³-hybridized carbons (Fsp3) is 0.190. The van der Waals surface area contributed by atoms with Gasteiger partial charge in [0.15, 0.2) is 17.4 Å². The number of benzene rings is 2. The molecule has 3 aliphatic rings. The number of carbonyl (C=O) groups excluding carboxylic acids is 2. The topological polar surface area (TPSA) is 224 Å². The van der Waals surface area contributed by atoms with Gasteiger partial charge in [-0.15, -0.1) is 11.3 Å². The molecule has 1 saturated heterocycles. The van der Waals surface area contributed by atoms with Crippen LogP contribution in [0.2, 0.25) is 0 Å². The third-order valence-electron chi connectivity index (χ3n) is 14.6. The minimum absolute atomic E-state index is 0.0113. The van der Waals surface area contributed by atoms with Crippen molar-refractivity contribution in [3.63, 3.8) is 0 Å². The zero-order valence-electron chi connectivity index (χ0n) is 41.7. The van der Waals surface area contributed by atoms with E-state index in [2.05, 4.69) is 63.8 Å². The first-order chi connectivity index (χ1) is 38.0. The van der Waals surface area contributed by atoms with E-state index in [1.165, 1.54) is 11.3 Å². The van der Waals surface area contributed by atoms with Gasteiger partial charge in [-0.25, -0.2) is 18.7 Å². The van der Waals surface area contributed by atoms with Crippen LogP contribution in [0.1, 0.15) is 63.2 Å². The number of thiophene rings is 1. The summed E-state index contributed by atoms with van der Waals surface area (Å²) in [5.74, 6) is -1.24. The van der Waals surface area contributed by atoms with E-state index < -0.39 is 5.92 Å². The number of alkyl halides is 2. The molecule has 20 heteroatoms. The van der Waals surface area contributed by atoms with Crippen molar-refractivity contribution in [1.29, 1.82) is 0 Å². The SMILES string of the molecule is CC(=O)c1ccc(-c2cncc3[nH]c(C4=NCNc5c4cc(-c4cncc(CN6CCC(F)(F)C6)c4)cc5-c4cncc(-c5cncc6[nH]c(-c7n[nH]c8ccc(-c9cncc(C(=O)NCC%10CC%10)c9)cc78)nc56)c4)nc23)s1. The number of carbonyl (C=O) groups is 2. The maximum absolute atomic E-state index is 14.3. The second-order valence-corrected chi connectivity index (χ2v) is 21.2. The second-order valence-electron chi connectivity index (χ2n) is 20.2. The number of hydrogen-bond acceptors (Lipinski definition) is 14. The van der Waals surface area contributed by atoms with Crippen LogP contribution in [-0.4, -0.2) is 110 Å². The molecular formula is C58H45F2N15O2S. The van der Waals surface area contributed by atoms with Gasteiger partial charge in [0.2, 0.25) is 0 Å². The monoisotopic (exact) mass is 1050 g/mol. The number of aromatic nitrogens is 11. The number of imidazole rings is 2. The molecule has 384 valence electrons. The van der Waals surface area contributed by atoms with Crippen LogP contribution in [-0.2, 0) is 6.54 Å². The van der Waals surface area contributed by atoms with Gasteiger partial charge in [-0.05, 0) is 97.0 Å². The number of hydrogen-bond donors (Lipinski definition) is 5. The summed E-state index contributed by atoms with van der Waals surface area (Å²) >= 11 is 1.40. The molecule has 0 spiro atoms. The van der Waals surface area contributed by atoms with E-state index in [1.807, 2.05) is 48.7 Å². The molecule has 1 amide bonds. The summed E-state index contributed by atoms with van der Waals surface area (Å²) in [6.45, 7) is 2.81. The number of ketones is 1. The minimum Gasteiger partial charge on any atom is -0.365 e. The number of aliphatic imine (C=N–C) groups is 1. The highest BCUT2D eigenvalue weighted by molar-refractivity contribution is 7.17. The summed E-state index contributed by atoms with van der Waals surface area (Å²) < 4.78 is 28.6. The van der Waals surface area contributed by atoms with Crippen LogP contribution in [0.3, 0.4) is 0 Å². The first-order valence-electron chi connectivity index (χ1n) is 25.5. The molecule has 1 aliphatic carbocycles. The molecule has 5 N–H and O–H groups in total. The largest absolute Gasteiger partial charge is 0.365 e. The lowest BCUT2D eigenvalue weighted by Gasteiger charge is -2.23. The minimum atomic E-state index is -2.72. The lowest BCUT2D eigenvalue weighted by Crippen LogP contribution is -2.25. The maximum Gasteiger partial charge on any atom is 0.261 e. The zero-order chi connectivity index (χ0) is 52.6. The van der Waals surface area contributed by atoms with E-state index in [4.69, 9.17) is 25.0 Å². The number of anilines is 1. The number of halogens is 2. The normalized spacial score (nSPS) is 15.2. The number of nitrogens with one attached hydrogen (secondary N) is 5. The molecule has 0 atom stereocenters. The van der Waals surface area contributed by atoms with E-state index in [0.29, 0.717) is 81.1 Å². The van der Waals surface area contributed by atoms with Gasteiger partial charge in [-0.1, -0.05) is 6.07 Å². The van der Waals surface area contributed by atoms with Crippen molar-refractivity contribution in [1.82, 2.24) is 65.3 Å². The number of fused-ring (bicyclic) bond motifs is 4. The summed E-state index contributed by atoms with van der Waals surface area (Å²) in [7, 11) is 0. The third-order valence-corrected chi connectivity index (χ3v) is 15.8. The van der Waals surface area contributed by atoms with Gasteiger partial charge < -0.3 is 20.6 Å². The molecule has 0 bridgehead atoms. The average Bonchev–Trinajstić information content (AvgIpc) is 4.11. The van der Waals surface area contributed by atoms with Crippen LogP contribution >= 0.6 is 11.3 Å². The molecule has 2 aliphatic heterocycles. The molecule has 2 fully saturated rings. The fourth-order valence-corrected chi connectivity index (χ4v) is 11.4. The Kier molecular flexibility index (Phi) is 11.4. The van der Waals surface area contributed by atoms with E-state index in [9.17, 15) is 18.4 Å². The van der Waals surface area contributed by atoms with Gasteiger partial charge in [0.05, 0.1) is 51.6 Å². The summed E-state index contributed by atoms with van der Waals surface area (Å²) in [5, 5.41) is 15.3. The quantitative estimate of drug-likeness (QED) is 0.0680.